The van der Waals surface area contributed by atoms with Gasteiger partial charge in [0.15, 0.2) is 0 Å². The standard InChI is InChI=1S/C10H5F3O3.CH2Cl2/c11-10(12,13)16-6-2-1-5-3-8(14)9(15)7(5)4-6;2-1-3/h1-2,4H,3H2;1H2. The van der Waals surface area contributed by atoms with Crippen LogP contribution in [0.3, 0.4) is 0 Å². The average molecular weight is 315 g/mol. The SMILES string of the molecule is ClCCl.O=C1Cc2ccc(OC(F)(F)F)cc2C1=O. The third-order valence-electron chi connectivity index (χ3n) is 2.16. The molecular weight excluding hydrogens is 308 g/mol. The Morgan fingerprint density at radius 3 is 2.32 bits per heavy atom. The highest BCUT2D eigenvalue weighted by Crippen LogP contribution is 2.28. The smallest absolute Gasteiger partial charge is 0.406 e. The van der Waals surface area contributed by atoms with Gasteiger partial charge < -0.3 is 4.74 Å². The lowest BCUT2D eigenvalue weighted by Crippen LogP contribution is -2.17. The van der Waals surface area contributed by atoms with Crippen LogP contribution in [0, 0.1) is 0 Å². The van der Waals surface area contributed by atoms with E-state index in [1.54, 1.807) is 0 Å². The number of carbonyl (C=O) groups is 2. The molecular formula is C11H7Cl2F3O3. The van der Waals surface area contributed by atoms with Gasteiger partial charge in [0.05, 0.1) is 5.34 Å². The van der Waals surface area contributed by atoms with E-state index in [1.165, 1.54) is 6.07 Å². The number of Topliss-reactive ketones (excluding diaryl/α,β-unsaturated/α-hetero) is 2. The Bertz CT molecular complexity index is 500. The Hall–Kier alpha value is -1.27. The Balaban J connectivity index is 0.000000550. The summed E-state index contributed by atoms with van der Waals surface area (Å²) in [7, 11) is 0. The predicted molar refractivity (Wildman–Crippen MR) is 62.7 cm³/mol. The molecule has 3 nitrogen and oxygen atoms in total. The van der Waals surface area contributed by atoms with Crippen LogP contribution in [-0.4, -0.2) is 23.3 Å². The first-order valence-corrected chi connectivity index (χ1v) is 5.93. The molecule has 2 rings (SSSR count). The van der Waals surface area contributed by atoms with Gasteiger partial charge in [-0.3, -0.25) is 9.59 Å². The summed E-state index contributed by atoms with van der Waals surface area (Å²) in [5, 5.41) is 0.194. The monoisotopic (exact) mass is 314 g/mol. The van der Waals surface area contributed by atoms with Crippen molar-refractivity contribution in [3.63, 3.8) is 0 Å². The summed E-state index contributed by atoms with van der Waals surface area (Å²) >= 11 is 9.53. The maximum Gasteiger partial charge on any atom is 0.573 e. The van der Waals surface area contributed by atoms with Gasteiger partial charge in [0, 0.05) is 12.0 Å². The van der Waals surface area contributed by atoms with Gasteiger partial charge in [0.1, 0.15) is 5.75 Å². The molecule has 1 aromatic carbocycles. The summed E-state index contributed by atoms with van der Waals surface area (Å²) in [4.78, 5) is 22.2. The quantitative estimate of drug-likeness (QED) is 0.590. The van der Waals surface area contributed by atoms with E-state index in [1.807, 2.05) is 0 Å². The molecule has 0 spiro atoms. The lowest BCUT2D eigenvalue weighted by molar-refractivity contribution is -0.274. The van der Waals surface area contributed by atoms with E-state index in [9.17, 15) is 22.8 Å². The second-order valence-corrected chi connectivity index (χ2v) is 4.20. The summed E-state index contributed by atoms with van der Waals surface area (Å²) in [5.41, 5.74) is 0.427. The Morgan fingerprint density at radius 1 is 1.21 bits per heavy atom. The minimum Gasteiger partial charge on any atom is -0.406 e. The van der Waals surface area contributed by atoms with E-state index in [2.05, 4.69) is 4.74 Å². The van der Waals surface area contributed by atoms with Crippen LogP contribution in [0.1, 0.15) is 15.9 Å². The molecule has 0 saturated heterocycles. The molecule has 1 aliphatic rings. The molecule has 0 N–H and O–H groups in total. The van der Waals surface area contributed by atoms with Crippen LogP contribution in [0.4, 0.5) is 13.2 Å². The van der Waals surface area contributed by atoms with Gasteiger partial charge in [-0.2, -0.15) is 0 Å². The zero-order valence-electron chi connectivity index (χ0n) is 9.26. The minimum atomic E-state index is -4.81. The van der Waals surface area contributed by atoms with E-state index in [-0.39, 0.29) is 17.3 Å². The lowest BCUT2D eigenvalue weighted by atomic mass is 10.1. The van der Waals surface area contributed by atoms with Crippen LogP contribution < -0.4 is 4.74 Å². The molecule has 0 saturated carbocycles. The highest BCUT2D eigenvalue weighted by molar-refractivity contribution is 6.47. The minimum absolute atomic E-state index is 0.00764. The number of carbonyl (C=O) groups excluding carboxylic acids is 2. The van der Waals surface area contributed by atoms with Gasteiger partial charge in [-0.25, -0.2) is 0 Å². The van der Waals surface area contributed by atoms with Gasteiger partial charge in [-0.15, -0.1) is 36.4 Å². The van der Waals surface area contributed by atoms with Crippen LogP contribution in [-0.2, 0) is 11.2 Å². The molecule has 1 aliphatic carbocycles. The van der Waals surface area contributed by atoms with E-state index in [0.29, 0.717) is 5.56 Å². The normalized spacial score (nSPS) is 13.7. The van der Waals surface area contributed by atoms with E-state index >= 15 is 0 Å². The summed E-state index contributed by atoms with van der Waals surface area (Å²) in [6.45, 7) is 0. The maximum absolute atomic E-state index is 11.9. The van der Waals surface area contributed by atoms with Crippen molar-refractivity contribution >= 4 is 34.8 Å². The molecule has 104 valence electrons. The predicted octanol–water partition coefficient (Wildman–Crippen LogP) is 3.31. The molecule has 0 atom stereocenters. The highest BCUT2D eigenvalue weighted by atomic mass is 35.5. The molecule has 0 unspecified atom stereocenters. The van der Waals surface area contributed by atoms with E-state index in [0.717, 1.165) is 12.1 Å². The van der Waals surface area contributed by atoms with Crippen LogP contribution in [0.15, 0.2) is 18.2 Å². The third-order valence-corrected chi connectivity index (χ3v) is 2.16. The van der Waals surface area contributed by atoms with Gasteiger partial charge in [-0.1, -0.05) is 6.07 Å². The van der Waals surface area contributed by atoms with Crippen molar-refractivity contribution in [2.24, 2.45) is 0 Å². The third kappa shape index (κ3) is 4.40. The number of rotatable bonds is 1. The second-order valence-electron chi connectivity index (χ2n) is 3.40. The number of benzene rings is 1. The number of hydrogen-bond donors (Lipinski definition) is 0. The Morgan fingerprint density at radius 2 is 1.79 bits per heavy atom. The second kappa shape index (κ2) is 6.25. The van der Waals surface area contributed by atoms with Crippen molar-refractivity contribution in [3.05, 3.63) is 29.3 Å². The van der Waals surface area contributed by atoms with Gasteiger partial charge in [0.25, 0.3) is 0 Å². The molecule has 0 aliphatic heterocycles. The molecule has 1 aromatic rings. The number of ketones is 2. The van der Waals surface area contributed by atoms with Crippen molar-refractivity contribution in [2.75, 3.05) is 5.34 Å². The maximum atomic E-state index is 11.9. The number of hydrogen-bond acceptors (Lipinski definition) is 3. The van der Waals surface area contributed by atoms with E-state index < -0.39 is 23.7 Å². The first-order chi connectivity index (χ1) is 8.78. The van der Waals surface area contributed by atoms with Crippen molar-refractivity contribution in [1.82, 2.24) is 0 Å². The first-order valence-electron chi connectivity index (χ1n) is 4.86. The van der Waals surface area contributed by atoms with Crippen LogP contribution in [0.5, 0.6) is 5.75 Å². The number of halogens is 5. The van der Waals surface area contributed by atoms with Crippen molar-refractivity contribution in [3.8, 4) is 5.75 Å². The van der Waals surface area contributed by atoms with Crippen LogP contribution in [0.25, 0.3) is 0 Å². The van der Waals surface area contributed by atoms with E-state index in [4.69, 9.17) is 23.2 Å². The molecule has 0 heterocycles. The summed E-state index contributed by atoms with van der Waals surface area (Å²) in [6, 6.07) is 3.31. The topological polar surface area (TPSA) is 43.4 Å². The van der Waals surface area contributed by atoms with Crippen LogP contribution in [0.2, 0.25) is 0 Å². The highest BCUT2D eigenvalue weighted by Gasteiger charge is 2.33. The molecule has 0 radical (unpaired) electrons. The Kier molecular flexibility index (Phi) is 5.20. The largest absolute Gasteiger partial charge is 0.573 e. The number of alkyl halides is 5. The van der Waals surface area contributed by atoms with Gasteiger partial charge in [0.2, 0.25) is 11.6 Å². The first kappa shape index (κ1) is 15.8. The van der Waals surface area contributed by atoms with Crippen molar-refractivity contribution in [1.29, 1.82) is 0 Å². The molecule has 8 heteroatoms. The van der Waals surface area contributed by atoms with Crippen molar-refractivity contribution < 1.29 is 27.5 Å². The van der Waals surface area contributed by atoms with Gasteiger partial charge in [-0.05, 0) is 17.7 Å². The fourth-order valence-electron chi connectivity index (χ4n) is 1.52. The molecule has 19 heavy (non-hydrogen) atoms. The fourth-order valence-corrected chi connectivity index (χ4v) is 1.52. The molecule has 0 fully saturated rings. The zero-order valence-corrected chi connectivity index (χ0v) is 10.8. The van der Waals surface area contributed by atoms with Crippen molar-refractivity contribution in [2.45, 2.75) is 12.8 Å². The lowest BCUT2D eigenvalue weighted by Gasteiger charge is -2.09. The molecule has 0 aromatic heterocycles. The number of ether oxygens (including phenoxy) is 1. The summed E-state index contributed by atoms with van der Waals surface area (Å²) in [5.74, 6) is -1.86. The fraction of sp³-hybridized carbons (Fsp3) is 0.273. The summed E-state index contributed by atoms with van der Waals surface area (Å²) in [6.07, 6.45) is -4.86. The molecule has 0 bridgehead atoms. The Labute approximate surface area is 116 Å². The number of fused-ring (bicyclic) bond motifs is 1. The molecule has 0 amide bonds. The van der Waals surface area contributed by atoms with Crippen LogP contribution >= 0.6 is 23.2 Å². The van der Waals surface area contributed by atoms with Gasteiger partial charge >= 0.3 is 6.36 Å². The average Bonchev–Trinajstić information content (AvgIpc) is 2.55. The summed E-state index contributed by atoms with van der Waals surface area (Å²) < 4.78 is 39.3. The zero-order chi connectivity index (χ0) is 14.6.